The number of benzene rings is 2. The number of fused-ring (bicyclic) bond motifs is 1. The topological polar surface area (TPSA) is 54.9 Å². The Balaban J connectivity index is 1.88. The van der Waals surface area contributed by atoms with E-state index in [4.69, 9.17) is 4.98 Å². The van der Waals surface area contributed by atoms with Crippen molar-refractivity contribution < 1.29 is 4.79 Å². The van der Waals surface area contributed by atoms with E-state index < -0.39 is 0 Å². The van der Waals surface area contributed by atoms with Crippen molar-refractivity contribution in [1.29, 1.82) is 0 Å². The highest BCUT2D eigenvalue weighted by Gasteiger charge is 2.12. The van der Waals surface area contributed by atoms with Gasteiger partial charge >= 0.3 is 0 Å². The molecule has 0 aliphatic carbocycles. The third-order valence-electron chi connectivity index (χ3n) is 3.92. The minimum Gasteiger partial charge on any atom is -0.371 e. The Bertz CT molecular complexity index is 894. The lowest BCUT2D eigenvalue weighted by atomic mass is 10.1. The Labute approximate surface area is 145 Å². The van der Waals surface area contributed by atoms with Crippen LogP contribution in [0.15, 0.2) is 47.5 Å². The molecule has 24 heavy (non-hydrogen) atoms. The average molecular weight is 337 g/mol. The van der Waals surface area contributed by atoms with Crippen molar-refractivity contribution in [2.45, 2.75) is 18.9 Å². The molecule has 0 radical (unpaired) electrons. The summed E-state index contributed by atoms with van der Waals surface area (Å²) in [6.45, 7) is 4.13. The number of thioether (sulfide) groups is 1. The molecule has 0 atom stereocenters. The van der Waals surface area contributed by atoms with Crippen LogP contribution in [-0.4, -0.2) is 28.6 Å². The number of nitrogens with one attached hydrogen (secondary N) is 1. The van der Waals surface area contributed by atoms with Crippen LogP contribution in [0.2, 0.25) is 0 Å². The molecule has 0 saturated carbocycles. The van der Waals surface area contributed by atoms with E-state index in [1.54, 1.807) is 0 Å². The Morgan fingerprint density at radius 3 is 2.29 bits per heavy atom. The van der Waals surface area contributed by atoms with Gasteiger partial charge in [0.2, 0.25) is 0 Å². The number of hydrogen-bond acceptors (Lipinski definition) is 5. The Morgan fingerprint density at radius 1 is 1.04 bits per heavy atom. The van der Waals surface area contributed by atoms with Gasteiger partial charge in [0.15, 0.2) is 11.6 Å². The number of aromatic nitrogens is 2. The highest BCUT2D eigenvalue weighted by atomic mass is 32.2. The monoisotopic (exact) mass is 337 g/mol. The number of ketones is 1. The minimum atomic E-state index is 0.0876. The van der Waals surface area contributed by atoms with Gasteiger partial charge in [-0.1, -0.05) is 42.1 Å². The molecule has 1 aromatic heterocycles. The summed E-state index contributed by atoms with van der Waals surface area (Å²) in [5.41, 5.74) is 4.81. The fourth-order valence-electron chi connectivity index (χ4n) is 2.40. The molecule has 3 aromatic rings. The second-order valence-corrected chi connectivity index (χ2v) is 6.59. The normalized spacial score (nSPS) is 10.8. The molecule has 1 N–H and O–H groups in total. The lowest BCUT2D eigenvalue weighted by Gasteiger charge is -2.10. The van der Waals surface area contributed by atoms with E-state index in [1.165, 1.54) is 22.9 Å². The van der Waals surface area contributed by atoms with Crippen LogP contribution in [0.3, 0.4) is 0 Å². The lowest BCUT2D eigenvalue weighted by molar-refractivity contribution is 0.102. The van der Waals surface area contributed by atoms with Crippen LogP contribution >= 0.6 is 11.8 Å². The summed E-state index contributed by atoms with van der Waals surface area (Å²) in [5, 5.41) is 3.83. The van der Waals surface area contributed by atoms with Gasteiger partial charge in [-0.05, 0) is 37.1 Å². The molecule has 0 amide bonds. The van der Waals surface area contributed by atoms with E-state index in [-0.39, 0.29) is 5.78 Å². The maximum atomic E-state index is 12.3. The highest BCUT2D eigenvalue weighted by Crippen LogP contribution is 2.27. The molecular weight excluding hydrogens is 318 g/mol. The second kappa shape index (κ2) is 7.01. The quantitative estimate of drug-likeness (QED) is 0.557. The minimum absolute atomic E-state index is 0.0876. The molecule has 0 aliphatic rings. The standard InChI is InChI=1S/C19H19N3OS/c1-12-9-15-16(10-13(12)2)22-19(18(20-3)21-15)24-11-17(23)14-7-5-4-6-8-14/h4-10H,11H2,1-3H3,(H,20,21). The smallest absolute Gasteiger partial charge is 0.173 e. The zero-order valence-electron chi connectivity index (χ0n) is 14.0. The molecule has 1 heterocycles. The van der Waals surface area contributed by atoms with Gasteiger partial charge in [0.1, 0.15) is 5.03 Å². The third-order valence-corrected chi connectivity index (χ3v) is 4.88. The molecule has 0 aliphatic heterocycles. The predicted molar refractivity (Wildman–Crippen MR) is 100 cm³/mol. The van der Waals surface area contributed by atoms with Gasteiger partial charge in [-0.2, -0.15) is 0 Å². The van der Waals surface area contributed by atoms with E-state index in [1.807, 2.05) is 49.5 Å². The Morgan fingerprint density at radius 2 is 1.67 bits per heavy atom. The first-order valence-corrected chi connectivity index (χ1v) is 8.75. The molecular formula is C19H19N3OS. The first-order chi connectivity index (χ1) is 11.6. The molecule has 122 valence electrons. The van der Waals surface area contributed by atoms with E-state index >= 15 is 0 Å². The molecule has 0 bridgehead atoms. The zero-order chi connectivity index (χ0) is 17.1. The molecule has 0 unspecified atom stereocenters. The number of aryl methyl sites for hydroxylation is 2. The summed E-state index contributed by atoms with van der Waals surface area (Å²) in [6.07, 6.45) is 0. The summed E-state index contributed by atoms with van der Waals surface area (Å²) in [7, 11) is 1.82. The third kappa shape index (κ3) is 3.41. The first kappa shape index (κ1) is 16.5. The van der Waals surface area contributed by atoms with E-state index in [9.17, 15) is 4.79 Å². The van der Waals surface area contributed by atoms with Crippen molar-refractivity contribution in [3.05, 3.63) is 59.2 Å². The number of hydrogen-bond donors (Lipinski definition) is 1. The highest BCUT2D eigenvalue weighted by molar-refractivity contribution is 8.00. The van der Waals surface area contributed by atoms with Crippen LogP contribution in [-0.2, 0) is 0 Å². The number of Topliss-reactive ketones (excluding diaryl/α,β-unsaturated/α-hetero) is 1. The Kier molecular flexibility index (Phi) is 4.81. The number of carbonyl (C=O) groups excluding carboxylic acids is 1. The number of carbonyl (C=O) groups is 1. The maximum absolute atomic E-state index is 12.3. The summed E-state index contributed by atoms with van der Waals surface area (Å²) in [4.78, 5) is 21.6. The Hall–Kier alpha value is -2.40. The maximum Gasteiger partial charge on any atom is 0.173 e. The summed E-state index contributed by atoms with van der Waals surface area (Å²) in [5.74, 6) is 1.13. The number of rotatable bonds is 5. The van der Waals surface area contributed by atoms with Gasteiger partial charge in [-0.15, -0.1) is 0 Å². The van der Waals surface area contributed by atoms with E-state index in [0.717, 1.165) is 21.6 Å². The van der Waals surface area contributed by atoms with Crippen LogP contribution < -0.4 is 5.32 Å². The molecule has 0 spiro atoms. The lowest BCUT2D eigenvalue weighted by Crippen LogP contribution is -2.04. The predicted octanol–water partition coefficient (Wildman–Crippen LogP) is 4.26. The summed E-state index contributed by atoms with van der Waals surface area (Å²) in [6, 6.07) is 13.4. The second-order valence-electron chi connectivity index (χ2n) is 5.63. The fourth-order valence-corrected chi connectivity index (χ4v) is 3.28. The van der Waals surface area contributed by atoms with E-state index in [0.29, 0.717) is 11.6 Å². The molecule has 5 heteroatoms. The molecule has 0 saturated heterocycles. The first-order valence-electron chi connectivity index (χ1n) is 7.76. The zero-order valence-corrected chi connectivity index (χ0v) is 14.8. The summed E-state index contributed by atoms with van der Waals surface area (Å²) >= 11 is 1.41. The van der Waals surface area contributed by atoms with Crippen molar-refractivity contribution in [1.82, 2.24) is 9.97 Å². The molecule has 3 rings (SSSR count). The van der Waals surface area contributed by atoms with Gasteiger partial charge in [0.05, 0.1) is 16.8 Å². The van der Waals surface area contributed by atoms with Gasteiger partial charge < -0.3 is 5.32 Å². The van der Waals surface area contributed by atoms with Crippen LogP contribution in [0.1, 0.15) is 21.5 Å². The van der Waals surface area contributed by atoms with Crippen molar-refractivity contribution in [3.63, 3.8) is 0 Å². The van der Waals surface area contributed by atoms with Crippen molar-refractivity contribution in [3.8, 4) is 0 Å². The molecule has 4 nitrogen and oxygen atoms in total. The largest absolute Gasteiger partial charge is 0.371 e. The van der Waals surface area contributed by atoms with Crippen LogP contribution in [0.5, 0.6) is 0 Å². The number of nitrogens with zero attached hydrogens (tertiary/aromatic N) is 2. The van der Waals surface area contributed by atoms with Crippen molar-refractivity contribution in [2.24, 2.45) is 0 Å². The van der Waals surface area contributed by atoms with Gasteiger partial charge in [-0.25, -0.2) is 9.97 Å². The molecule has 2 aromatic carbocycles. The molecule has 0 fully saturated rings. The van der Waals surface area contributed by atoms with E-state index in [2.05, 4.69) is 24.1 Å². The van der Waals surface area contributed by atoms with Crippen LogP contribution in [0, 0.1) is 13.8 Å². The van der Waals surface area contributed by atoms with Crippen LogP contribution in [0.4, 0.5) is 5.82 Å². The van der Waals surface area contributed by atoms with Gasteiger partial charge in [-0.3, -0.25) is 4.79 Å². The van der Waals surface area contributed by atoms with Crippen molar-refractivity contribution in [2.75, 3.05) is 18.1 Å². The summed E-state index contributed by atoms with van der Waals surface area (Å²) < 4.78 is 0. The fraction of sp³-hybridized carbons (Fsp3) is 0.211. The van der Waals surface area contributed by atoms with Gasteiger partial charge in [0, 0.05) is 12.6 Å². The van der Waals surface area contributed by atoms with Crippen LogP contribution in [0.25, 0.3) is 11.0 Å². The average Bonchev–Trinajstić information content (AvgIpc) is 2.61. The number of anilines is 1. The van der Waals surface area contributed by atoms with Crippen molar-refractivity contribution >= 4 is 34.4 Å². The van der Waals surface area contributed by atoms with Gasteiger partial charge in [0.25, 0.3) is 0 Å². The SMILES string of the molecule is CNc1nc2cc(C)c(C)cc2nc1SCC(=O)c1ccccc1.